The molecule has 1 N–H and O–H groups in total. The number of aliphatic hydroxyl groups excluding tert-OH is 1. The van der Waals surface area contributed by atoms with Crippen molar-refractivity contribution >= 4 is 5.97 Å². The van der Waals surface area contributed by atoms with Crippen LogP contribution in [-0.2, 0) is 19.0 Å². The Bertz CT molecular complexity index is 181. The predicted octanol–water partition coefficient (Wildman–Crippen LogP) is -2.66. The van der Waals surface area contributed by atoms with Gasteiger partial charge in [-0.2, -0.15) is 0 Å². The maximum Gasteiger partial charge on any atom is 1.00 e. The summed E-state index contributed by atoms with van der Waals surface area (Å²) in [5.41, 5.74) is -0.0810. The van der Waals surface area contributed by atoms with E-state index in [1.54, 1.807) is 0 Å². The molecular weight excluding hydrogens is 187 g/mol. The first-order chi connectivity index (χ1) is 5.71. The zero-order valence-electron chi connectivity index (χ0n) is 9.23. The molecule has 0 rings (SSSR count). The fourth-order valence-corrected chi connectivity index (χ4v) is 0.678. The molecule has 6 heteroatoms. The van der Waals surface area contributed by atoms with E-state index in [0.29, 0.717) is 6.26 Å². The van der Waals surface area contributed by atoms with Crippen LogP contribution in [-0.4, -0.2) is 38.7 Å². The molecule has 0 aromatic rings. The standard InChI is InChI=1S/C7H12O5.Na.H/c1-10-6(9)5(4-8)7(11-2)12-3;;/h4,7-8H,1-3H3;;/q;+1;-1/b5-4-;;. The first-order valence-electron chi connectivity index (χ1n) is 3.19. The third-order valence-electron chi connectivity index (χ3n) is 1.24. The molecule has 0 amide bonds. The van der Waals surface area contributed by atoms with Gasteiger partial charge in [-0.1, -0.05) is 0 Å². The van der Waals surface area contributed by atoms with Crippen LogP contribution in [0.5, 0.6) is 0 Å². The van der Waals surface area contributed by atoms with E-state index < -0.39 is 12.3 Å². The molecular formula is C7H13NaO5. The minimum Gasteiger partial charge on any atom is -1.00 e. The van der Waals surface area contributed by atoms with Crippen molar-refractivity contribution in [1.82, 2.24) is 0 Å². The van der Waals surface area contributed by atoms with Gasteiger partial charge in [-0.3, -0.25) is 0 Å². The molecule has 0 radical (unpaired) electrons. The minimum atomic E-state index is -0.901. The van der Waals surface area contributed by atoms with Crippen LogP contribution in [0.1, 0.15) is 1.43 Å². The van der Waals surface area contributed by atoms with Gasteiger partial charge in [0.2, 0.25) is 0 Å². The molecule has 0 aromatic carbocycles. The van der Waals surface area contributed by atoms with Gasteiger partial charge in [0.25, 0.3) is 0 Å². The Balaban J connectivity index is -0.000000605. The van der Waals surface area contributed by atoms with Gasteiger partial charge in [-0.05, 0) is 0 Å². The van der Waals surface area contributed by atoms with E-state index in [0.717, 1.165) is 0 Å². The van der Waals surface area contributed by atoms with Gasteiger partial charge in [-0.15, -0.1) is 0 Å². The van der Waals surface area contributed by atoms with Gasteiger partial charge in [0.1, 0.15) is 5.57 Å². The molecule has 0 saturated heterocycles. The Morgan fingerprint density at radius 1 is 1.38 bits per heavy atom. The molecule has 0 atom stereocenters. The van der Waals surface area contributed by atoms with Crippen LogP contribution in [0.15, 0.2) is 11.8 Å². The zero-order chi connectivity index (χ0) is 9.56. The van der Waals surface area contributed by atoms with Crippen LogP contribution in [0.25, 0.3) is 0 Å². The van der Waals surface area contributed by atoms with Crippen molar-refractivity contribution in [3.8, 4) is 0 Å². The van der Waals surface area contributed by atoms with Crippen LogP contribution in [0.4, 0.5) is 0 Å². The molecule has 0 spiro atoms. The molecule has 0 fully saturated rings. The van der Waals surface area contributed by atoms with E-state index in [4.69, 9.17) is 14.6 Å². The number of aliphatic hydroxyl groups is 1. The van der Waals surface area contributed by atoms with E-state index in [1.165, 1.54) is 21.3 Å². The summed E-state index contributed by atoms with van der Waals surface area (Å²) in [6.07, 6.45) is -0.300. The van der Waals surface area contributed by atoms with Crippen molar-refractivity contribution < 1.29 is 55.1 Å². The van der Waals surface area contributed by atoms with E-state index in [-0.39, 0.29) is 36.6 Å². The molecule has 0 aliphatic carbocycles. The fraction of sp³-hybridized carbons (Fsp3) is 0.571. The fourth-order valence-electron chi connectivity index (χ4n) is 0.678. The smallest absolute Gasteiger partial charge is 1.00 e. The molecule has 0 aromatic heterocycles. The van der Waals surface area contributed by atoms with Crippen molar-refractivity contribution in [2.75, 3.05) is 21.3 Å². The molecule has 0 aliphatic rings. The maximum absolute atomic E-state index is 10.9. The summed E-state index contributed by atoms with van der Waals surface area (Å²) in [7, 11) is 3.90. The van der Waals surface area contributed by atoms with Gasteiger partial charge in [0.05, 0.1) is 13.4 Å². The van der Waals surface area contributed by atoms with Gasteiger partial charge < -0.3 is 20.7 Å². The van der Waals surface area contributed by atoms with Gasteiger partial charge in [-0.25, -0.2) is 4.79 Å². The third kappa shape index (κ3) is 4.64. The summed E-state index contributed by atoms with van der Waals surface area (Å²) < 4.78 is 13.8. The van der Waals surface area contributed by atoms with E-state index >= 15 is 0 Å². The number of hydrogen-bond donors (Lipinski definition) is 1. The Morgan fingerprint density at radius 2 is 1.85 bits per heavy atom. The summed E-state index contributed by atoms with van der Waals surface area (Å²) in [5.74, 6) is -0.689. The molecule has 0 bridgehead atoms. The number of carbonyl (C=O) groups is 1. The largest absolute Gasteiger partial charge is 1.00 e. The number of ether oxygens (including phenoxy) is 3. The summed E-state index contributed by atoms with van der Waals surface area (Å²) in [6, 6.07) is 0. The van der Waals surface area contributed by atoms with Crippen LogP contribution < -0.4 is 29.6 Å². The molecule has 5 nitrogen and oxygen atoms in total. The Hall–Kier alpha value is -0.0700. The average Bonchev–Trinajstić information content (AvgIpc) is 2.12. The normalized spacial score (nSPS) is 10.9. The molecule has 0 saturated carbocycles. The van der Waals surface area contributed by atoms with Crippen LogP contribution in [0.3, 0.4) is 0 Å². The van der Waals surface area contributed by atoms with Crippen molar-refractivity contribution in [3.05, 3.63) is 11.8 Å². The second-order valence-electron chi connectivity index (χ2n) is 1.88. The Kier molecular flexibility index (Phi) is 10.1. The van der Waals surface area contributed by atoms with Crippen molar-refractivity contribution in [3.63, 3.8) is 0 Å². The second kappa shape index (κ2) is 8.52. The minimum absolute atomic E-state index is 0. The summed E-state index contributed by atoms with van der Waals surface area (Å²) in [4.78, 5) is 10.9. The third-order valence-corrected chi connectivity index (χ3v) is 1.24. The van der Waals surface area contributed by atoms with Crippen LogP contribution >= 0.6 is 0 Å². The first-order valence-corrected chi connectivity index (χ1v) is 3.19. The van der Waals surface area contributed by atoms with Crippen LogP contribution in [0.2, 0.25) is 0 Å². The van der Waals surface area contributed by atoms with Crippen molar-refractivity contribution in [2.45, 2.75) is 6.29 Å². The molecule has 0 heterocycles. The molecule has 13 heavy (non-hydrogen) atoms. The Labute approximate surface area is 100 Å². The van der Waals surface area contributed by atoms with Gasteiger partial charge >= 0.3 is 35.5 Å². The number of esters is 1. The predicted molar refractivity (Wildman–Crippen MR) is 41.6 cm³/mol. The SMILES string of the molecule is COC(=O)/C(=C/O)C(OC)OC.[H-].[Na+]. The molecule has 72 valence electrons. The Morgan fingerprint density at radius 3 is 2.08 bits per heavy atom. The number of hydrogen-bond acceptors (Lipinski definition) is 5. The van der Waals surface area contributed by atoms with Gasteiger partial charge in [0.15, 0.2) is 6.29 Å². The monoisotopic (exact) mass is 200 g/mol. The molecule has 0 aliphatic heterocycles. The van der Waals surface area contributed by atoms with E-state index in [9.17, 15) is 4.79 Å². The quantitative estimate of drug-likeness (QED) is 0.176. The number of rotatable bonds is 4. The summed E-state index contributed by atoms with van der Waals surface area (Å²) in [5, 5.41) is 8.64. The van der Waals surface area contributed by atoms with E-state index in [1.807, 2.05) is 0 Å². The zero-order valence-corrected chi connectivity index (χ0v) is 10.2. The maximum atomic E-state index is 10.9. The van der Waals surface area contributed by atoms with Crippen molar-refractivity contribution in [2.24, 2.45) is 0 Å². The topological polar surface area (TPSA) is 65.0 Å². The first kappa shape index (κ1) is 15.4. The summed E-state index contributed by atoms with van der Waals surface area (Å²) in [6.45, 7) is 0. The summed E-state index contributed by atoms with van der Waals surface area (Å²) >= 11 is 0. The van der Waals surface area contributed by atoms with Crippen LogP contribution in [0, 0.1) is 0 Å². The van der Waals surface area contributed by atoms with Crippen molar-refractivity contribution in [1.29, 1.82) is 0 Å². The average molecular weight is 200 g/mol. The molecule has 0 unspecified atom stereocenters. The number of methoxy groups -OCH3 is 3. The van der Waals surface area contributed by atoms with Gasteiger partial charge in [0, 0.05) is 14.2 Å². The second-order valence-corrected chi connectivity index (χ2v) is 1.88. The number of carbonyl (C=O) groups excluding carboxylic acids is 1. The van der Waals surface area contributed by atoms with E-state index in [2.05, 4.69) is 4.74 Å².